The molecule has 0 N–H and O–H groups in total. The Hall–Kier alpha value is -1.90. The summed E-state index contributed by atoms with van der Waals surface area (Å²) in [7, 11) is -0.450. The molecule has 3 saturated heterocycles. The molecule has 7 nitrogen and oxygen atoms in total. The predicted molar refractivity (Wildman–Crippen MR) is 159 cm³/mol. The van der Waals surface area contributed by atoms with E-state index >= 15 is 0 Å². The number of benzene rings is 1. The summed E-state index contributed by atoms with van der Waals surface area (Å²) in [5, 5.41) is 0. The highest BCUT2D eigenvalue weighted by Gasteiger charge is 2.63. The van der Waals surface area contributed by atoms with Crippen LogP contribution in [0.4, 0.5) is 5.69 Å². The maximum Gasteiger partial charge on any atom is 0.494 e. The molecule has 4 saturated carbocycles. The Morgan fingerprint density at radius 2 is 1.51 bits per heavy atom. The van der Waals surface area contributed by atoms with Crippen LogP contribution in [0, 0.1) is 11.3 Å². The van der Waals surface area contributed by atoms with Gasteiger partial charge in [0.1, 0.15) is 0 Å². The van der Waals surface area contributed by atoms with Gasteiger partial charge in [0.15, 0.2) is 0 Å². The summed E-state index contributed by atoms with van der Waals surface area (Å²) < 4.78 is 12.8. The van der Waals surface area contributed by atoms with E-state index in [0.29, 0.717) is 25.0 Å². The lowest BCUT2D eigenvalue weighted by atomic mass is 9.44. The average molecular weight is 560 g/mol. The molecule has 4 aliphatic carbocycles. The fraction of sp³-hybridized carbons (Fsp3) is 0.758. The van der Waals surface area contributed by atoms with Gasteiger partial charge in [-0.2, -0.15) is 0 Å². The molecular weight excluding hydrogens is 513 g/mol. The molecule has 1 spiro atoms. The molecule has 0 atom stereocenters. The van der Waals surface area contributed by atoms with E-state index in [2.05, 4.69) is 60.6 Å². The van der Waals surface area contributed by atoms with Crippen LogP contribution < -0.4 is 10.4 Å². The van der Waals surface area contributed by atoms with Crippen molar-refractivity contribution in [2.75, 3.05) is 31.1 Å². The van der Waals surface area contributed by atoms with Gasteiger partial charge in [-0.15, -0.1) is 0 Å². The molecule has 2 bridgehead atoms. The van der Waals surface area contributed by atoms with Crippen LogP contribution >= 0.6 is 0 Å². The first-order valence-corrected chi connectivity index (χ1v) is 16.4. The molecule has 4 aliphatic heterocycles. The van der Waals surface area contributed by atoms with Crippen molar-refractivity contribution in [1.82, 2.24) is 9.80 Å². The van der Waals surface area contributed by atoms with E-state index in [-0.39, 0.29) is 17.4 Å². The third-order valence-corrected chi connectivity index (χ3v) is 12.7. The normalized spacial score (nSPS) is 36.5. The first kappa shape index (κ1) is 26.7. The van der Waals surface area contributed by atoms with E-state index in [1.807, 2.05) is 0 Å². The van der Waals surface area contributed by atoms with Gasteiger partial charge < -0.3 is 24.0 Å². The molecule has 0 aromatic heterocycles. The van der Waals surface area contributed by atoms with Crippen LogP contribution in [0.5, 0.6) is 0 Å². The number of amides is 2. The Bertz CT molecular complexity index is 1240. The van der Waals surface area contributed by atoms with Crippen molar-refractivity contribution in [3.05, 3.63) is 23.8 Å². The maximum atomic E-state index is 14.6. The van der Waals surface area contributed by atoms with E-state index in [1.165, 1.54) is 32.4 Å². The summed E-state index contributed by atoms with van der Waals surface area (Å²) in [5.41, 5.74) is 1.79. The van der Waals surface area contributed by atoms with E-state index < -0.39 is 23.7 Å². The number of piperidine rings is 2. The predicted octanol–water partition coefficient (Wildman–Crippen LogP) is 4.01. The van der Waals surface area contributed by atoms with Crippen LogP contribution in [0.25, 0.3) is 0 Å². The van der Waals surface area contributed by atoms with Crippen LogP contribution in [0.2, 0.25) is 0 Å². The van der Waals surface area contributed by atoms with Crippen molar-refractivity contribution >= 4 is 30.1 Å². The standard InChI is InChI=1S/C33H46BN3O4/c1-30(2)31(3,4)41-34(40-30)23-8-9-26-27(16-23)37(25-17-24(18-25)35-12-6-5-7-13-35)29(39)33(26)10-14-36(15-11-33)28(38)32-19-22(20-32)21-32/h8-9,16,22,24-25H,5-7,10-15,17-21H2,1-4H3. The Morgan fingerprint density at radius 3 is 2.10 bits per heavy atom. The molecule has 9 rings (SSSR count). The number of fused-ring (bicyclic) bond motifs is 2. The monoisotopic (exact) mass is 559 g/mol. The molecule has 7 fully saturated rings. The Kier molecular flexibility index (Phi) is 5.75. The number of carbonyl (C=O) groups is 2. The summed E-state index contributed by atoms with van der Waals surface area (Å²) in [6.45, 7) is 12.1. The van der Waals surface area contributed by atoms with Crippen LogP contribution in [-0.2, 0) is 24.3 Å². The number of likely N-dealkylation sites (tertiary alicyclic amines) is 2. The van der Waals surface area contributed by atoms with E-state index in [0.717, 1.165) is 67.6 Å². The Balaban J connectivity index is 1.08. The molecule has 1 aromatic carbocycles. The molecule has 0 radical (unpaired) electrons. The van der Waals surface area contributed by atoms with Crippen molar-refractivity contribution in [3.63, 3.8) is 0 Å². The minimum absolute atomic E-state index is 0.0497. The highest BCUT2D eigenvalue weighted by atomic mass is 16.7. The Labute approximate surface area is 245 Å². The highest BCUT2D eigenvalue weighted by Crippen LogP contribution is 2.65. The van der Waals surface area contributed by atoms with Gasteiger partial charge in [0.05, 0.1) is 22.0 Å². The molecule has 4 heterocycles. The second-order valence-electron chi connectivity index (χ2n) is 15.5. The van der Waals surface area contributed by atoms with Crippen molar-refractivity contribution in [1.29, 1.82) is 0 Å². The lowest BCUT2D eigenvalue weighted by Crippen LogP contribution is -2.63. The number of nitrogens with zero attached hydrogens (tertiary/aromatic N) is 3. The first-order chi connectivity index (χ1) is 19.5. The van der Waals surface area contributed by atoms with E-state index in [1.54, 1.807) is 0 Å². The smallest absolute Gasteiger partial charge is 0.399 e. The van der Waals surface area contributed by atoms with Crippen LogP contribution in [0.3, 0.4) is 0 Å². The zero-order chi connectivity index (χ0) is 28.4. The third-order valence-electron chi connectivity index (χ3n) is 12.7. The number of hydrogen-bond donors (Lipinski definition) is 0. The first-order valence-electron chi connectivity index (χ1n) is 16.4. The lowest BCUT2D eigenvalue weighted by Gasteiger charge is -2.61. The topological polar surface area (TPSA) is 62.3 Å². The summed E-state index contributed by atoms with van der Waals surface area (Å²) in [6, 6.07) is 7.33. The van der Waals surface area contributed by atoms with Gasteiger partial charge in [-0.25, -0.2) is 0 Å². The van der Waals surface area contributed by atoms with Crippen molar-refractivity contribution in [2.24, 2.45) is 11.3 Å². The number of anilines is 1. The quantitative estimate of drug-likeness (QED) is 0.522. The molecule has 0 unspecified atom stereocenters. The fourth-order valence-electron chi connectivity index (χ4n) is 9.10. The molecule has 1 aromatic rings. The zero-order valence-electron chi connectivity index (χ0n) is 25.4. The second kappa shape index (κ2) is 8.82. The van der Waals surface area contributed by atoms with Gasteiger partial charge in [-0.05, 0) is 122 Å². The molecule has 2 amide bonds. The Morgan fingerprint density at radius 1 is 0.878 bits per heavy atom. The van der Waals surface area contributed by atoms with Gasteiger partial charge in [-0.1, -0.05) is 18.6 Å². The molecule has 8 aliphatic rings. The fourth-order valence-corrected chi connectivity index (χ4v) is 9.10. The van der Waals surface area contributed by atoms with Gasteiger partial charge in [-0.3, -0.25) is 9.59 Å². The number of hydrogen-bond acceptors (Lipinski definition) is 5. The van der Waals surface area contributed by atoms with Crippen molar-refractivity contribution in [2.45, 2.75) is 121 Å². The molecule has 41 heavy (non-hydrogen) atoms. The van der Waals surface area contributed by atoms with E-state index in [4.69, 9.17) is 9.31 Å². The summed E-state index contributed by atoms with van der Waals surface area (Å²) in [6.07, 6.45) is 10.7. The van der Waals surface area contributed by atoms with Crippen LogP contribution in [0.15, 0.2) is 18.2 Å². The minimum atomic E-state index is -0.532. The largest absolute Gasteiger partial charge is 0.494 e. The SMILES string of the molecule is CC1(C)OB(c2ccc3c(c2)N(C2CC(N4CCCCC4)C2)C(=O)C32CCN(C(=O)C34CC(C3)C4)CC2)OC1(C)C. The number of rotatable bonds is 4. The second-order valence-corrected chi connectivity index (χ2v) is 15.5. The van der Waals surface area contributed by atoms with Crippen molar-refractivity contribution < 1.29 is 18.9 Å². The van der Waals surface area contributed by atoms with Crippen molar-refractivity contribution in [3.8, 4) is 0 Å². The van der Waals surface area contributed by atoms with Gasteiger partial charge in [0.25, 0.3) is 0 Å². The zero-order valence-corrected chi connectivity index (χ0v) is 25.4. The number of carbonyl (C=O) groups excluding carboxylic acids is 2. The maximum absolute atomic E-state index is 14.6. The van der Waals surface area contributed by atoms with Crippen LogP contribution in [0.1, 0.15) is 97.5 Å². The summed E-state index contributed by atoms with van der Waals surface area (Å²) in [4.78, 5) is 34.9. The average Bonchev–Trinajstić information content (AvgIpc) is 3.23. The molecule has 8 heteroatoms. The van der Waals surface area contributed by atoms with E-state index in [9.17, 15) is 9.59 Å². The van der Waals surface area contributed by atoms with Gasteiger partial charge in [0, 0.05) is 30.9 Å². The van der Waals surface area contributed by atoms with Gasteiger partial charge in [0.2, 0.25) is 11.8 Å². The molecule has 220 valence electrons. The molecular formula is C33H46BN3O4. The third kappa shape index (κ3) is 3.75. The van der Waals surface area contributed by atoms with Crippen LogP contribution in [-0.4, -0.2) is 78.2 Å². The van der Waals surface area contributed by atoms with Gasteiger partial charge >= 0.3 is 7.12 Å². The highest BCUT2D eigenvalue weighted by molar-refractivity contribution is 6.62. The lowest BCUT2D eigenvalue weighted by molar-refractivity contribution is -0.178. The summed E-state index contributed by atoms with van der Waals surface area (Å²) in [5.74, 6) is 1.41. The summed E-state index contributed by atoms with van der Waals surface area (Å²) >= 11 is 0. The minimum Gasteiger partial charge on any atom is -0.399 e.